The number of aliphatic carboxylic acids is 1. The smallest absolute Gasteiger partial charge is 0.361 e. The molecule has 0 aliphatic carbocycles. The molecule has 0 aliphatic rings. The Kier molecular flexibility index (Phi) is 52.7. The van der Waals surface area contributed by atoms with Crippen LogP contribution in [-0.2, 0) is 33.3 Å². The van der Waals surface area contributed by atoms with E-state index in [-0.39, 0.29) is 38.6 Å². The van der Waals surface area contributed by atoms with Crippen LogP contribution in [0.15, 0.2) is 122 Å². The molecular weight excluding hydrogens is 935 g/mol. The highest BCUT2D eigenvalue weighted by atomic mass is 16.7. The summed E-state index contributed by atoms with van der Waals surface area (Å²) < 4.78 is 22.8. The number of likely N-dealkylation sites (N-methyl/N-ethyl adjacent to an activating group) is 1. The second-order valence-corrected chi connectivity index (χ2v) is 20.6. The molecule has 0 fully saturated rings. The minimum absolute atomic E-state index is 0.177. The van der Waals surface area contributed by atoms with Crippen molar-refractivity contribution in [2.75, 3.05) is 47.5 Å². The standard InChI is InChI=1S/C66H109NO8/c1-6-8-10-12-14-16-18-20-22-24-25-26-27-28-29-30-31-32-33-34-35-36-37-38-39-41-43-45-47-49-51-53-55-57-64(69)75-62(61-74-66(65(70)71)72-59-58-67(3,4)5)60-73-63(68)56-54-52-50-48-46-44-42-40-23-21-19-17-15-13-11-9-7-2/h8,10,14,16,20-23,25-26,28-29,31-32,34-35,37-38,41,43,62,66H,6-7,9,11-13,15,17-19,24,27,30,33,36,39-40,42,44-61H2,1-5H3/p+1/b10-8-,16-14-,22-20-,23-21-,26-25-,29-28-,32-31-,35-34-,38-37-,43-41-. The summed E-state index contributed by atoms with van der Waals surface area (Å²) in [6.45, 7) is 4.72. The molecule has 0 amide bonds. The van der Waals surface area contributed by atoms with E-state index in [9.17, 15) is 19.5 Å². The zero-order chi connectivity index (χ0) is 54.8. The number of nitrogens with zero attached hydrogens (tertiary/aromatic N) is 1. The fourth-order valence-corrected chi connectivity index (χ4v) is 7.65. The summed E-state index contributed by atoms with van der Waals surface area (Å²) >= 11 is 0. The molecule has 75 heavy (non-hydrogen) atoms. The molecule has 9 heteroatoms. The van der Waals surface area contributed by atoms with Gasteiger partial charge in [0.25, 0.3) is 6.29 Å². The highest BCUT2D eigenvalue weighted by molar-refractivity contribution is 5.71. The fraction of sp³-hybridized carbons (Fsp3) is 0.652. The van der Waals surface area contributed by atoms with Gasteiger partial charge in [0.15, 0.2) is 6.10 Å². The normalized spacial score (nSPS) is 13.7. The summed E-state index contributed by atoms with van der Waals surface area (Å²) in [4.78, 5) is 37.4. The number of ether oxygens (including phenoxy) is 4. The van der Waals surface area contributed by atoms with E-state index in [0.717, 1.165) is 122 Å². The number of unbranched alkanes of at least 4 members (excludes halogenated alkanes) is 18. The van der Waals surface area contributed by atoms with E-state index in [1.165, 1.54) is 64.2 Å². The molecule has 0 aromatic carbocycles. The zero-order valence-corrected chi connectivity index (χ0v) is 48.4. The lowest BCUT2D eigenvalue weighted by Gasteiger charge is -2.25. The van der Waals surface area contributed by atoms with Crippen LogP contribution in [0.3, 0.4) is 0 Å². The first-order chi connectivity index (χ1) is 36.6. The van der Waals surface area contributed by atoms with Gasteiger partial charge < -0.3 is 28.5 Å². The predicted octanol–water partition coefficient (Wildman–Crippen LogP) is 17.7. The number of hydrogen-bond acceptors (Lipinski definition) is 7. The number of rotatable bonds is 53. The topological polar surface area (TPSA) is 108 Å². The molecule has 0 bridgehead atoms. The molecule has 0 saturated carbocycles. The van der Waals surface area contributed by atoms with Crippen LogP contribution in [0, 0.1) is 0 Å². The molecule has 0 aliphatic heterocycles. The van der Waals surface area contributed by atoms with E-state index in [0.29, 0.717) is 17.4 Å². The average molecular weight is 1050 g/mol. The summed E-state index contributed by atoms with van der Waals surface area (Å²) in [7, 11) is 5.95. The number of carboxylic acids is 1. The van der Waals surface area contributed by atoms with Crippen LogP contribution in [0.2, 0.25) is 0 Å². The van der Waals surface area contributed by atoms with Crippen molar-refractivity contribution in [2.45, 2.75) is 232 Å². The van der Waals surface area contributed by atoms with E-state index in [2.05, 4.69) is 135 Å². The van der Waals surface area contributed by atoms with Crippen molar-refractivity contribution in [3.63, 3.8) is 0 Å². The summed E-state index contributed by atoms with van der Waals surface area (Å²) in [5.74, 6) is -2.05. The van der Waals surface area contributed by atoms with Crippen molar-refractivity contribution in [1.29, 1.82) is 0 Å². The number of carboxylic acid groups (broad SMARTS) is 1. The van der Waals surface area contributed by atoms with E-state index in [1.807, 2.05) is 21.1 Å². The number of hydrogen-bond donors (Lipinski definition) is 1. The van der Waals surface area contributed by atoms with Crippen molar-refractivity contribution in [1.82, 2.24) is 0 Å². The lowest BCUT2D eigenvalue weighted by Crippen LogP contribution is -2.40. The van der Waals surface area contributed by atoms with Crippen molar-refractivity contribution in [3.8, 4) is 0 Å². The van der Waals surface area contributed by atoms with Gasteiger partial charge in [-0.05, 0) is 109 Å². The monoisotopic (exact) mass is 1040 g/mol. The number of carbonyl (C=O) groups excluding carboxylic acids is 2. The third kappa shape index (κ3) is 57.2. The predicted molar refractivity (Wildman–Crippen MR) is 318 cm³/mol. The van der Waals surface area contributed by atoms with Crippen LogP contribution >= 0.6 is 0 Å². The number of quaternary nitrogens is 1. The second-order valence-electron chi connectivity index (χ2n) is 20.6. The number of esters is 2. The summed E-state index contributed by atoms with van der Waals surface area (Å²) in [5.41, 5.74) is 0. The Morgan fingerprint density at radius 1 is 0.413 bits per heavy atom. The number of carbonyl (C=O) groups is 3. The van der Waals surface area contributed by atoms with Crippen LogP contribution < -0.4 is 0 Å². The highest BCUT2D eigenvalue weighted by Crippen LogP contribution is 2.14. The van der Waals surface area contributed by atoms with Gasteiger partial charge in [-0.1, -0.05) is 219 Å². The molecule has 0 saturated heterocycles. The molecule has 2 atom stereocenters. The number of allylic oxidation sites excluding steroid dienone is 20. The molecule has 0 aromatic rings. The second kappa shape index (κ2) is 55.9. The first-order valence-corrected chi connectivity index (χ1v) is 29.7. The van der Waals surface area contributed by atoms with Gasteiger partial charge in [-0.2, -0.15) is 0 Å². The zero-order valence-electron chi connectivity index (χ0n) is 48.4. The van der Waals surface area contributed by atoms with Crippen LogP contribution in [0.4, 0.5) is 0 Å². The molecule has 1 N–H and O–H groups in total. The highest BCUT2D eigenvalue weighted by Gasteiger charge is 2.25. The summed E-state index contributed by atoms with van der Waals surface area (Å²) in [6.07, 6.45) is 75.6. The van der Waals surface area contributed by atoms with Crippen molar-refractivity contribution in [2.24, 2.45) is 0 Å². The quantitative estimate of drug-likeness (QED) is 0.0211. The first-order valence-electron chi connectivity index (χ1n) is 29.7. The Balaban J connectivity index is 4.31. The average Bonchev–Trinajstić information content (AvgIpc) is 3.38. The van der Waals surface area contributed by atoms with Crippen molar-refractivity contribution < 1.29 is 42.9 Å². The van der Waals surface area contributed by atoms with Gasteiger partial charge in [0.1, 0.15) is 13.2 Å². The SMILES string of the molecule is CC/C=C\C/C=C\C/C=C\C/C=C\C/C=C\C/C=C\C/C=C\C/C=C\C/C=C\CCCCCCCC(=O)OC(COC(=O)CCCCCCCCC/C=C\CCCCCCCC)COC(OCC[N+](C)(C)C)C(=O)O. The summed E-state index contributed by atoms with van der Waals surface area (Å²) in [5, 5.41) is 9.70. The maximum absolute atomic E-state index is 12.9. The third-order valence-corrected chi connectivity index (χ3v) is 12.2. The minimum Gasteiger partial charge on any atom is -0.477 e. The van der Waals surface area contributed by atoms with Crippen LogP contribution in [-0.4, -0.2) is 87.4 Å². The summed E-state index contributed by atoms with van der Waals surface area (Å²) in [6, 6.07) is 0. The van der Waals surface area contributed by atoms with Gasteiger partial charge in [-0.15, -0.1) is 0 Å². The minimum atomic E-state index is -1.52. The lowest BCUT2D eigenvalue weighted by molar-refractivity contribution is -0.870. The maximum Gasteiger partial charge on any atom is 0.361 e. The lowest BCUT2D eigenvalue weighted by atomic mass is 10.1. The van der Waals surface area contributed by atoms with E-state index in [4.69, 9.17) is 18.9 Å². The first kappa shape index (κ1) is 70.7. The molecule has 9 nitrogen and oxygen atoms in total. The van der Waals surface area contributed by atoms with Crippen LogP contribution in [0.1, 0.15) is 219 Å². The van der Waals surface area contributed by atoms with E-state index < -0.39 is 24.3 Å². The van der Waals surface area contributed by atoms with Gasteiger partial charge in [0.05, 0.1) is 34.4 Å². The van der Waals surface area contributed by atoms with E-state index >= 15 is 0 Å². The molecule has 0 radical (unpaired) electrons. The molecule has 0 heterocycles. The molecule has 0 aromatic heterocycles. The van der Waals surface area contributed by atoms with Crippen molar-refractivity contribution >= 4 is 17.9 Å². The van der Waals surface area contributed by atoms with Crippen molar-refractivity contribution in [3.05, 3.63) is 122 Å². The molecule has 426 valence electrons. The molecular formula is C66H110NO8+. The Hall–Kier alpha value is -4.31. The van der Waals surface area contributed by atoms with Gasteiger partial charge in [-0.25, -0.2) is 4.79 Å². The fourth-order valence-electron chi connectivity index (χ4n) is 7.65. The van der Waals surface area contributed by atoms with E-state index in [1.54, 1.807) is 0 Å². The Labute approximate surface area is 459 Å². The Bertz CT molecular complexity index is 1640. The van der Waals surface area contributed by atoms with Gasteiger partial charge >= 0.3 is 17.9 Å². The molecule has 2 unspecified atom stereocenters. The van der Waals surface area contributed by atoms with Gasteiger partial charge in [0, 0.05) is 12.8 Å². The largest absolute Gasteiger partial charge is 0.477 e. The molecule has 0 rings (SSSR count). The Morgan fingerprint density at radius 3 is 1.15 bits per heavy atom. The maximum atomic E-state index is 12.9. The third-order valence-electron chi connectivity index (χ3n) is 12.2. The van der Waals surface area contributed by atoms with Crippen LogP contribution in [0.5, 0.6) is 0 Å². The molecule has 0 spiro atoms. The van der Waals surface area contributed by atoms with Crippen LogP contribution in [0.25, 0.3) is 0 Å². The van der Waals surface area contributed by atoms with Gasteiger partial charge in [0.2, 0.25) is 0 Å². The van der Waals surface area contributed by atoms with Gasteiger partial charge in [-0.3, -0.25) is 9.59 Å². The Morgan fingerprint density at radius 2 is 0.760 bits per heavy atom.